The summed E-state index contributed by atoms with van der Waals surface area (Å²) >= 11 is 0. The molecule has 1 fully saturated rings. The number of ether oxygens (including phenoxy) is 3. The van der Waals surface area contributed by atoms with E-state index in [1.807, 2.05) is 0 Å². The summed E-state index contributed by atoms with van der Waals surface area (Å²) in [6, 6.07) is 3.59. The number of hydrogen-bond donors (Lipinski definition) is 3. The SMILES string of the molecule is COCCOCCOCCN(OCC1CCCCC1)S(=O)(=O)CCCCCCNC(=N)Nc1ccncc1. The fourth-order valence-corrected chi connectivity index (χ4v) is 5.48. The number of rotatable bonds is 21. The maximum atomic E-state index is 13.0. The second-order valence-electron chi connectivity index (χ2n) is 9.44. The summed E-state index contributed by atoms with van der Waals surface area (Å²) in [5.41, 5.74) is 0.804. The fraction of sp³-hybridized carbons (Fsp3) is 0.769. The second kappa shape index (κ2) is 20.1. The Labute approximate surface area is 228 Å². The van der Waals surface area contributed by atoms with Gasteiger partial charge < -0.3 is 24.8 Å². The molecule has 218 valence electrons. The molecule has 0 amide bonds. The highest BCUT2D eigenvalue weighted by Crippen LogP contribution is 2.24. The molecule has 1 aromatic heterocycles. The normalized spacial score (nSPS) is 14.6. The Hall–Kier alpha value is -1.83. The highest BCUT2D eigenvalue weighted by molar-refractivity contribution is 7.88. The van der Waals surface area contributed by atoms with E-state index in [0.717, 1.165) is 42.3 Å². The van der Waals surface area contributed by atoms with Gasteiger partial charge in [-0.1, -0.05) is 36.6 Å². The fourth-order valence-electron chi connectivity index (χ4n) is 4.13. The average molecular weight is 558 g/mol. The van der Waals surface area contributed by atoms with Crippen LogP contribution in [0.5, 0.6) is 0 Å². The van der Waals surface area contributed by atoms with Crippen LogP contribution in [0.15, 0.2) is 24.5 Å². The van der Waals surface area contributed by atoms with Crippen molar-refractivity contribution in [2.75, 3.05) is 70.9 Å². The molecule has 0 spiro atoms. The lowest BCUT2D eigenvalue weighted by Gasteiger charge is -2.26. The van der Waals surface area contributed by atoms with Gasteiger partial charge in [0.15, 0.2) is 5.96 Å². The van der Waals surface area contributed by atoms with Gasteiger partial charge in [-0.25, -0.2) is 8.42 Å². The molecule has 1 saturated carbocycles. The number of aromatic nitrogens is 1. The molecule has 11 nitrogen and oxygen atoms in total. The third kappa shape index (κ3) is 14.9. The zero-order valence-electron chi connectivity index (χ0n) is 22.9. The highest BCUT2D eigenvalue weighted by atomic mass is 32.2. The summed E-state index contributed by atoms with van der Waals surface area (Å²) in [7, 11) is -1.93. The standard InChI is InChI=1S/C26H47N5O6S/c1-34-18-19-36-21-20-35-17-16-31(37-23-24-9-5-4-6-10-24)38(32,33)22-8-3-2-7-13-29-26(27)30-25-11-14-28-15-12-25/h11-12,14-15,24H,2-10,13,16-23H2,1H3,(H3,27,28,29,30). The minimum Gasteiger partial charge on any atom is -0.382 e. The zero-order chi connectivity index (χ0) is 27.3. The summed E-state index contributed by atoms with van der Waals surface area (Å²) in [6.45, 7) is 3.37. The van der Waals surface area contributed by atoms with Gasteiger partial charge in [0.05, 0.1) is 51.9 Å². The quantitative estimate of drug-likeness (QED) is 0.0899. The number of guanidine groups is 1. The van der Waals surface area contributed by atoms with E-state index in [2.05, 4.69) is 15.6 Å². The van der Waals surface area contributed by atoms with E-state index in [1.54, 1.807) is 31.6 Å². The molecular formula is C26H47N5O6S. The van der Waals surface area contributed by atoms with Gasteiger partial charge in [0.25, 0.3) is 0 Å². The average Bonchev–Trinajstić information content (AvgIpc) is 2.92. The first-order valence-electron chi connectivity index (χ1n) is 13.8. The van der Waals surface area contributed by atoms with Gasteiger partial charge in [-0.05, 0) is 43.7 Å². The third-order valence-corrected chi connectivity index (χ3v) is 8.00. The van der Waals surface area contributed by atoms with Crippen LogP contribution in [0.2, 0.25) is 0 Å². The van der Waals surface area contributed by atoms with Crippen LogP contribution < -0.4 is 10.6 Å². The van der Waals surface area contributed by atoms with Crippen molar-refractivity contribution in [2.45, 2.75) is 57.8 Å². The Kier molecular flexibility index (Phi) is 17.2. The predicted molar refractivity (Wildman–Crippen MR) is 149 cm³/mol. The van der Waals surface area contributed by atoms with Crippen LogP contribution in [0, 0.1) is 11.3 Å². The lowest BCUT2D eigenvalue weighted by molar-refractivity contribution is -0.112. The van der Waals surface area contributed by atoms with E-state index in [-0.39, 0.29) is 24.9 Å². The van der Waals surface area contributed by atoms with E-state index in [0.29, 0.717) is 51.9 Å². The van der Waals surface area contributed by atoms with E-state index >= 15 is 0 Å². The van der Waals surface area contributed by atoms with Gasteiger partial charge in [0.1, 0.15) is 0 Å². The minimum atomic E-state index is -3.55. The summed E-state index contributed by atoms with van der Waals surface area (Å²) in [4.78, 5) is 9.80. The molecule has 0 atom stereocenters. The van der Waals surface area contributed by atoms with Crippen molar-refractivity contribution in [2.24, 2.45) is 5.92 Å². The van der Waals surface area contributed by atoms with Crippen LogP contribution in [-0.2, 0) is 29.1 Å². The zero-order valence-corrected chi connectivity index (χ0v) is 23.7. The predicted octanol–water partition coefficient (Wildman–Crippen LogP) is 3.40. The maximum Gasteiger partial charge on any atom is 0.236 e. The molecule has 1 aliphatic carbocycles. The number of sulfonamides is 1. The number of anilines is 1. The monoisotopic (exact) mass is 557 g/mol. The number of methoxy groups -OCH3 is 1. The van der Waals surface area contributed by atoms with Crippen molar-refractivity contribution < 1.29 is 27.5 Å². The first-order chi connectivity index (χ1) is 18.5. The van der Waals surface area contributed by atoms with Gasteiger partial charge in [-0.3, -0.25) is 15.2 Å². The second-order valence-corrected chi connectivity index (χ2v) is 11.4. The number of unbranched alkanes of at least 4 members (excludes halogenated alkanes) is 3. The van der Waals surface area contributed by atoms with Gasteiger partial charge in [0, 0.05) is 31.7 Å². The molecule has 1 aliphatic rings. The van der Waals surface area contributed by atoms with Gasteiger partial charge in [0.2, 0.25) is 10.0 Å². The van der Waals surface area contributed by atoms with Crippen molar-refractivity contribution in [3.8, 4) is 0 Å². The van der Waals surface area contributed by atoms with Crippen LogP contribution in [0.1, 0.15) is 57.8 Å². The van der Waals surface area contributed by atoms with E-state index < -0.39 is 10.0 Å². The summed E-state index contributed by atoms with van der Waals surface area (Å²) in [6.07, 6.45) is 12.2. The number of hydroxylamine groups is 1. The molecule has 0 aliphatic heterocycles. The van der Waals surface area contributed by atoms with Crippen LogP contribution in [0.3, 0.4) is 0 Å². The van der Waals surface area contributed by atoms with E-state index in [9.17, 15) is 8.42 Å². The molecule has 0 unspecified atom stereocenters. The molecule has 1 aromatic rings. The third-order valence-electron chi connectivity index (χ3n) is 6.29. The molecule has 0 aromatic carbocycles. The van der Waals surface area contributed by atoms with E-state index in [1.165, 1.54) is 19.3 Å². The Morgan fingerprint density at radius 2 is 1.68 bits per heavy atom. The van der Waals surface area contributed by atoms with Gasteiger partial charge in [-0.15, -0.1) is 0 Å². The molecule has 3 N–H and O–H groups in total. The smallest absolute Gasteiger partial charge is 0.236 e. The Morgan fingerprint density at radius 1 is 1.00 bits per heavy atom. The van der Waals surface area contributed by atoms with Crippen LogP contribution in [0.4, 0.5) is 5.69 Å². The molecule has 2 rings (SSSR count). The molecule has 38 heavy (non-hydrogen) atoms. The van der Waals surface area contributed by atoms with E-state index in [4.69, 9.17) is 24.5 Å². The summed E-state index contributed by atoms with van der Waals surface area (Å²) in [5.74, 6) is 0.689. The van der Waals surface area contributed by atoms with Crippen molar-refractivity contribution in [1.82, 2.24) is 14.8 Å². The molecular weight excluding hydrogens is 510 g/mol. The summed E-state index contributed by atoms with van der Waals surface area (Å²) in [5, 5.41) is 13.9. The number of pyridine rings is 1. The summed E-state index contributed by atoms with van der Waals surface area (Å²) < 4.78 is 43.1. The molecule has 0 bridgehead atoms. The molecule has 0 radical (unpaired) electrons. The van der Waals surface area contributed by atoms with Crippen LogP contribution in [0.25, 0.3) is 0 Å². The van der Waals surface area contributed by atoms with Crippen molar-refractivity contribution in [3.63, 3.8) is 0 Å². The lowest BCUT2D eigenvalue weighted by Crippen LogP contribution is -2.37. The Bertz CT molecular complexity index is 840. The van der Waals surface area contributed by atoms with Crippen molar-refractivity contribution >= 4 is 21.7 Å². The Balaban J connectivity index is 1.65. The first-order valence-corrected chi connectivity index (χ1v) is 15.4. The molecule has 0 saturated heterocycles. The molecule has 12 heteroatoms. The van der Waals surface area contributed by atoms with Gasteiger partial charge >= 0.3 is 0 Å². The van der Waals surface area contributed by atoms with Crippen molar-refractivity contribution in [3.05, 3.63) is 24.5 Å². The molecule has 1 heterocycles. The van der Waals surface area contributed by atoms with Crippen LogP contribution >= 0.6 is 0 Å². The number of nitrogens with zero attached hydrogens (tertiary/aromatic N) is 2. The van der Waals surface area contributed by atoms with Crippen molar-refractivity contribution in [1.29, 1.82) is 5.41 Å². The lowest BCUT2D eigenvalue weighted by atomic mass is 9.90. The number of nitrogens with one attached hydrogen (secondary N) is 3. The first kappa shape index (κ1) is 32.4. The Morgan fingerprint density at radius 3 is 2.42 bits per heavy atom. The minimum absolute atomic E-state index is 0.0463. The highest BCUT2D eigenvalue weighted by Gasteiger charge is 2.24. The van der Waals surface area contributed by atoms with Gasteiger partial charge in [-0.2, -0.15) is 0 Å². The largest absolute Gasteiger partial charge is 0.382 e. The number of hydrogen-bond acceptors (Lipinski definition) is 8. The maximum absolute atomic E-state index is 13.0. The van der Waals surface area contributed by atoms with Crippen LogP contribution in [-0.4, -0.2) is 89.4 Å². The topological polar surface area (TPSA) is 135 Å².